The molecule has 0 aliphatic carbocycles. The molecule has 0 bridgehead atoms. The van der Waals surface area contributed by atoms with Gasteiger partial charge < -0.3 is 10.6 Å². The lowest BCUT2D eigenvalue weighted by Crippen LogP contribution is -2.30. The van der Waals surface area contributed by atoms with Crippen LogP contribution < -0.4 is 5.73 Å². The highest BCUT2D eigenvalue weighted by Crippen LogP contribution is 2.26. The number of carbonyl (C=O) groups excluding carboxylic acids is 1. The molecule has 2 aromatic rings. The number of nitrogens with zero attached hydrogens (tertiary/aromatic N) is 3. The zero-order valence-electron chi connectivity index (χ0n) is 14.2. The van der Waals surface area contributed by atoms with Gasteiger partial charge in [-0.25, -0.2) is 14.4 Å². The van der Waals surface area contributed by atoms with E-state index in [1.165, 1.54) is 18.2 Å². The van der Waals surface area contributed by atoms with E-state index in [0.717, 1.165) is 5.57 Å². The van der Waals surface area contributed by atoms with Crippen molar-refractivity contribution in [1.29, 1.82) is 0 Å². The number of aromatic nitrogens is 2. The van der Waals surface area contributed by atoms with Gasteiger partial charge in [0.05, 0.1) is 29.5 Å². The van der Waals surface area contributed by atoms with Crippen molar-refractivity contribution in [3.8, 4) is 0 Å². The molecule has 0 unspecified atom stereocenters. The van der Waals surface area contributed by atoms with Crippen molar-refractivity contribution in [3.05, 3.63) is 63.1 Å². The van der Waals surface area contributed by atoms with Gasteiger partial charge in [-0.05, 0) is 44.5 Å². The minimum atomic E-state index is -0.366. The first kappa shape index (κ1) is 17.4. The summed E-state index contributed by atoms with van der Waals surface area (Å²) in [5, 5.41) is 0.524. The van der Waals surface area contributed by atoms with E-state index in [0.29, 0.717) is 45.6 Å². The van der Waals surface area contributed by atoms with E-state index >= 15 is 0 Å². The molecule has 2 N–H and O–H groups in total. The number of nitrogens with two attached hydrogens (primary N) is 1. The summed E-state index contributed by atoms with van der Waals surface area (Å²) >= 11 is 6.11. The minimum Gasteiger partial charge on any atom is -0.400 e. The average molecular weight is 361 g/mol. The molecule has 2 heterocycles. The molecule has 25 heavy (non-hydrogen) atoms. The Morgan fingerprint density at radius 2 is 1.84 bits per heavy atom. The maximum Gasteiger partial charge on any atom is 0.254 e. The normalized spacial score (nSPS) is 14.4. The Morgan fingerprint density at radius 1 is 1.20 bits per heavy atom. The number of hydrogen-bond donors (Lipinski definition) is 1. The van der Waals surface area contributed by atoms with Crippen LogP contribution in [0.25, 0.3) is 5.57 Å². The van der Waals surface area contributed by atoms with Crippen LogP contribution in [0.4, 0.5) is 4.39 Å². The molecule has 1 amide bonds. The van der Waals surface area contributed by atoms with Gasteiger partial charge in [0, 0.05) is 16.8 Å². The Hall–Kier alpha value is -2.47. The van der Waals surface area contributed by atoms with Gasteiger partial charge in [0.2, 0.25) is 0 Å². The maximum atomic E-state index is 13.3. The number of aryl methyl sites for hydroxylation is 3. The standard InChI is InChI=1S/C18H18ClFN4O/c1-9-6-12(20)4-5-13(9)18(25)24-7-14(15(21)8-24)17-22-10(2)16(19)11(3)23-17/h4-6H,7-8,21H2,1-3H3. The second-order valence-corrected chi connectivity index (χ2v) is 6.53. The van der Waals surface area contributed by atoms with Crippen molar-refractivity contribution in [2.75, 3.05) is 13.1 Å². The summed E-state index contributed by atoms with van der Waals surface area (Å²) in [6.45, 7) is 5.91. The predicted octanol–water partition coefficient (Wildman–Crippen LogP) is 3.02. The van der Waals surface area contributed by atoms with Gasteiger partial charge in [-0.1, -0.05) is 11.6 Å². The Kier molecular flexibility index (Phi) is 4.47. The molecule has 5 nitrogen and oxygen atoms in total. The molecule has 1 aromatic carbocycles. The van der Waals surface area contributed by atoms with Gasteiger partial charge in [0.15, 0.2) is 5.82 Å². The highest BCUT2D eigenvalue weighted by Gasteiger charge is 2.28. The first-order valence-electron chi connectivity index (χ1n) is 7.82. The molecule has 3 rings (SSSR count). The molecule has 7 heteroatoms. The van der Waals surface area contributed by atoms with Gasteiger partial charge in [0.1, 0.15) is 5.82 Å². The lowest BCUT2D eigenvalue weighted by atomic mass is 10.1. The fourth-order valence-electron chi connectivity index (χ4n) is 2.88. The van der Waals surface area contributed by atoms with E-state index in [9.17, 15) is 9.18 Å². The number of benzene rings is 1. The van der Waals surface area contributed by atoms with Crippen LogP contribution in [0.5, 0.6) is 0 Å². The van der Waals surface area contributed by atoms with Gasteiger partial charge in [-0.15, -0.1) is 0 Å². The molecule has 130 valence electrons. The van der Waals surface area contributed by atoms with E-state index in [2.05, 4.69) is 9.97 Å². The van der Waals surface area contributed by atoms with Gasteiger partial charge >= 0.3 is 0 Å². The van der Waals surface area contributed by atoms with Gasteiger partial charge in [-0.2, -0.15) is 0 Å². The van der Waals surface area contributed by atoms with Crippen LogP contribution in [0.15, 0.2) is 23.9 Å². The summed E-state index contributed by atoms with van der Waals surface area (Å²) < 4.78 is 13.3. The van der Waals surface area contributed by atoms with Crippen molar-refractivity contribution >= 4 is 23.1 Å². The molecule has 1 aliphatic heterocycles. The van der Waals surface area contributed by atoms with E-state index in [4.69, 9.17) is 17.3 Å². The number of halogens is 2. The lowest BCUT2D eigenvalue weighted by Gasteiger charge is -2.17. The Balaban J connectivity index is 1.87. The third-order valence-electron chi connectivity index (χ3n) is 4.26. The molecule has 0 fully saturated rings. The van der Waals surface area contributed by atoms with Crippen molar-refractivity contribution in [3.63, 3.8) is 0 Å². The second-order valence-electron chi connectivity index (χ2n) is 6.16. The van der Waals surface area contributed by atoms with Crippen LogP contribution in [-0.4, -0.2) is 33.9 Å². The third-order valence-corrected chi connectivity index (χ3v) is 4.80. The summed E-state index contributed by atoms with van der Waals surface area (Å²) in [4.78, 5) is 23.1. The van der Waals surface area contributed by atoms with Crippen molar-refractivity contribution in [2.45, 2.75) is 20.8 Å². The summed E-state index contributed by atoms with van der Waals surface area (Å²) in [7, 11) is 0. The van der Waals surface area contributed by atoms with Crippen LogP contribution in [0.2, 0.25) is 5.02 Å². The van der Waals surface area contributed by atoms with Crippen molar-refractivity contribution in [1.82, 2.24) is 14.9 Å². The largest absolute Gasteiger partial charge is 0.400 e. The van der Waals surface area contributed by atoms with Crippen LogP contribution in [0.3, 0.4) is 0 Å². The summed E-state index contributed by atoms with van der Waals surface area (Å²) in [5.41, 5.74) is 9.79. The van der Waals surface area contributed by atoms with E-state index in [-0.39, 0.29) is 18.3 Å². The fraction of sp³-hybridized carbons (Fsp3) is 0.278. The summed E-state index contributed by atoms with van der Waals surface area (Å²) in [6, 6.07) is 4.12. The smallest absolute Gasteiger partial charge is 0.254 e. The van der Waals surface area contributed by atoms with Crippen LogP contribution in [0, 0.1) is 26.6 Å². The Bertz CT molecular complexity index is 887. The fourth-order valence-corrected chi connectivity index (χ4v) is 2.97. The highest BCUT2D eigenvalue weighted by molar-refractivity contribution is 6.31. The number of carbonyl (C=O) groups is 1. The summed E-state index contributed by atoms with van der Waals surface area (Å²) in [6.07, 6.45) is 0. The molecule has 0 atom stereocenters. The summed E-state index contributed by atoms with van der Waals surface area (Å²) in [5.74, 6) is -0.0739. The molecule has 0 spiro atoms. The Morgan fingerprint density at radius 3 is 2.44 bits per heavy atom. The zero-order chi connectivity index (χ0) is 18.3. The number of rotatable bonds is 2. The SMILES string of the molecule is Cc1cc(F)ccc1C(=O)N1CC(N)=C(c2nc(C)c(Cl)c(C)n2)C1. The number of amides is 1. The second kappa shape index (κ2) is 6.44. The van der Waals surface area contributed by atoms with E-state index in [1.807, 2.05) is 0 Å². The first-order chi connectivity index (χ1) is 11.8. The van der Waals surface area contributed by atoms with Crippen molar-refractivity contribution in [2.24, 2.45) is 5.73 Å². The van der Waals surface area contributed by atoms with Crippen LogP contribution in [-0.2, 0) is 0 Å². The molecule has 0 saturated carbocycles. The molecule has 0 radical (unpaired) electrons. The van der Waals surface area contributed by atoms with E-state index < -0.39 is 0 Å². The first-order valence-corrected chi connectivity index (χ1v) is 8.19. The zero-order valence-corrected chi connectivity index (χ0v) is 15.0. The molecule has 1 aromatic heterocycles. The predicted molar refractivity (Wildman–Crippen MR) is 94.7 cm³/mol. The van der Waals surface area contributed by atoms with Gasteiger partial charge in [-0.3, -0.25) is 4.79 Å². The van der Waals surface area contributed by atoms with Crippen LogP contribution in [0.1, 0.15) is 33.1 Å². The van der Waals surface area contributed by atoms with Crippen molar-refractivity contribution < 1.29 is 9.18 Å². The molecule has 0 saturated heterocycles. The molecule has 1 aliphatic rings. The molecular formula is C18H18ClFN4O. The van der Waals surface area contributed by atoms with Crippen LogP contribution >= 0.6 is 11.6 Å². The third kappa shape index (κ3) is 3.22. The monoisotopic (exact) mass is 360 g/mol. The van der Waals surface area contributed by atoms with E-state index in [1.54, 1.807) is 25.7 Å². The lowest BCUT2D eigenvalue weighted by molar-refractivity contribution is 0.0798. The average Bonchev–Trinajstić information content (AvgIpc) is 2.93. The maximum absolute atomic E-state index is 13.3. The minimum absolute atomic E-state index is 0.196. The number of hydrogen-bond acceptors (Lipinski definition) is 4. The van der Waals surface area contributed by atoms with Gasteiger partial charge in [0.25, 0.3) is 5.91 Å². The highest BCUT2D eigenvalue weighted by atomic mass is 35.5. The topological polar surface area (TPSA) is 72.1 Å². The molecular weight excluding hydrogens is 343 g/mol. The Labute approximate surface area is 150 Å². The quantitative estimate of drug-likeness (QED) is 0.893.